The third-order valence-electron chi connectivity index (χ3n) is 4.37. The van der Waals surface area contributed by atoms with Crippen molar-refractivity contribution in [2.24, 2.45) is 0 Å². The van der Waals surface area contributed by atoms with Gasteiger partial charge < -0.3 is 20.1 Å². The van der Waals surface area contributed by atoms with Gasteiger partial charge in [0.15, 0.2) is 0 Å². The molecular formula is C24H22Cl2N2O4. The second-order valence-corrected chi connectivity index (χ2v) is 7.51. The van der Waals surface area contributed by atoms with Crippen molar-refractivity contribution in [1.29, 1.82) is 0 Å². The van der Waals surface area contributed by atoms with E-state index in [0.29, 0.717) is 57.3 Å². The molecule has 3 aromatic carbocycles. The van der Waals surface area contributed by atoms with E-state index in [1.807, 2.05) is 13.8 Å². The minimum atomic E-state index is -0.354. The van der Waals surface area contributed by atoms with Gasteiger partial charge in [-0.25, -0.2) is 0 Å². The highest BCUT2D eigenvalue weighted by Gasteiger charge is 2.15. The summed E-state index contributed by atoms with van der Waals surface area (Å²) in [5.74, 6) is 0.191. The Kier molecular flexibility index (Phi) is 7.98. The van der Waals surface area contributed by atoms with Gasteiger partial charge in [-0.3, -0.25) is 9.59 Å². The summed E-state index contributed by atoms with van der Waals surface area (Å²) in [6.07, 6.45) is 0. The highest BCUT2D eigenvalue weighted by molar-refractivity contribution is 6.31. The first kappa shape index (κ1) is 23.4. The van der Waals surface area contributed by atoms with Crippen molar-refractivity contribution in [2.75, 3.05) is 23.8 Å². The first-order chi connectivity index (χ1) is 15.4. The van der Waals surface area contributed by atoms with Crippen LogP contribution in [0.5, 0.6) is 11.5 Å². The van der Waals surface area contributed by atoms with E-state index < -0.39 is 0 Å². The minimum absolute atomic E-state index is 0.334. The summed E-state index contributed by atoms with van der Waals surface area (Å²) in [5, 5.41) is 6.47. The van der Waals surface area contributed by atoms with E-state index in [0.717, 1.165) is 0 Å². The maximum absolute atomic E-state index is 12.7. The van der Waals surface area contributed by atoms with Gasteiger partial charge in [-0.05, 0) is 74.5 Å². The zero-order valence-corrected chi connectivity index (χ0v) is 19.1. The largest absolute Gasteiger partial charge is 0.493 e. The fourth-order valence-corrected chi connectivity index (χ4v) is 3.30. The number of nitrogens with one attached hydrogen (secondary N) is 2. The molecule has 0 saturated heterocycles. The van der Waals surface area contributed by atoms with E-state index >= 15 is 0 Å². The molecule has 0 fully saturated rings. The van der Waals surface area contributed by atoms with Gasteiger partial charge in [0.2, 0.25) is 0 Å². The predicted molar refractivity (Wildman–Crippen MR) is 128 cm³/mol. The van der Waals surface area contributed by atoms with Crippen LogP contribution in [0.25, 0.3) is 0 Å². The van der Waals surface area contributed by atoms with E-state index in [4.69, 9.17) is 32.7 Å². The molecule has 0 spiro atoms. The Morgan fingerprint density at radius 3 is 1.41 bits per heavy atom. The molecule has 0 aliphatic heterocycles. The third-order valence-corrected chi connectivity index (χ3v) is 4.84. The molecule has 166 valence electrons. The predicted octanol–water partition coefficient (Wildman–Crippen LogP) is 6.30. The number of hydrogen-bond acceptors (Lipinski definition) is 4. The monoisotopic (exact) mass is 472 g/mol. The first-order valence-corrected chi connectivity index (χ1v) is 10.7. The number of carbonyl (C=O) groups is 2. The smallest absolute Gasteiger partial charge is 0.259 e. The van der Waals surface area contributed by atoms with Crippen LogP contribution in [0.3, 0.4) is 0 Å². The third kappa shape index (κ3) is 5.93. The van der Waals surface area contributed by atoms with Crippen molar-refractivity contribution < 1.29 is 19.1 Å². The number of carbonyl (C=O) groups excluding carboxylic acids is 2. The van der Waals surface area contributed by atoms with Crippen molar-refractivity contribution in [2.45, 2.75) is 13.8 Å². The van der Waals surface area contributed by atoms with Crippen LogP contribution in [0, 0.1) is 0 Å². The van der Waals surface area contributed by atoms with E-state index in [1.54, 1.807) is 60.7 Å². The van der Waals surface area contributed by atoms with Gasteiger partial charge in [-0.2, -0.15) is 0 Å². The van der Waals surface area contributed by atoms with Crippen molar-refractivity contribution in [1.82, 2.24) is 0 Å². The zero-order valence-electron chi connectivity index (χ0n) is 17.6. The molecule has 6 nitrogen and oxygen atoms in total. The molecule has 0 unspecified atom stereocenters. The van der Waals surface area contributed by atoms with Gasteiger partial charge in [-0.15, -0.1) is 0 Å². The van der Waals surface area contributed by atoms with Crippen LogP contribution in [0.4, 0.5) is 11.4 Å². The van der Waals surface area contributed by atoms with Crippen LogP contribution in [-0.2, 0) is 0 Å². The lowest BCUT2D eigenvalue weighted by Crippen LogP contribution is -2.15. The number of halogens is 2. The Balaban J connectivity index is 1.71. The van der Waals surface area contributed by atoms with E-state index in [1.165, 1.54) is 0 Å². The number of ether oxygens (including phenoxy) is 2. The average molecular weight is 473 g/mol. The topological polar surface area (TPSA) is 76.7 Å². The van der Waals surface area contributed by atoms with Crippen molar-refractivity contribution in [3.63, 3.8) is 0 Å². The maximum Gasteiger partial charge on any atom is 0.259 e. The number of amides is 2. The van der Waals surface area contributed by atoms with Crippen LogP contribution in [0.2, 0.25) is 10.0 Å². The van der Waals surface area contributed by atoms with Crippen LogP contribution in [0.15, 0.2) is 60.7 Å². The highest BCUT2D eigenvalue weighted by Crippen LogP contribution is 2.26. The molecule has 2 N–H and O–H groups in total. The Morgan fingerprint density at radius 2 is 1.06 bits per heavy atom. The fourth-order valence-electron chi connectivity index (χ4n) is 2.96. The van der Waals surface area contributed by atoms with Crippen LogP contribution in [-0.4, -0.2) is 25.0 Å². The molecule has 0 aliphatic rings. The molecule has 0 saturated carbocycles. The number of anilines is 2. The minimum Gasteiger partial charge on any atom is -0.493 e. The van der Waals surface area contributed by atoms with Crippen LogP contribution in [0.1, 0.15) is 34.6 Å². The quantitative estimate of drug-likeness (QED) is 0.403. The van der Waals surface area contributed by atoms with Gasteiger partial charge >= 0.3 is 0 Å². The molecule has 8 heteroatoms. The number of rotatable bonds is 8. The molecule has 0 heterocycles. The molecular weight excluding hydrogens is 451 g/mol. The Morgan fingerprint density at radius 1 is 0.688 bits per heavy atom. The molecule has 0 atom stereocenters. The molecule has 0 aliphatic carbocycles. The molecule has 0 radical (unpaired) electrons. The fraction of sp³-hybridized carbons (Fsp3) is 0.167. The van der Waals surface area contributed by atoms with Gasteiger partial charge in [0.25, 0.3) is 11.8 Å². The summed E-state index contributed by atoms with van der Waals surface area (Å²) in [6.45, 7) is 4.52. The van der Waals surface area contributed by atoms with Crippen molar-refractivity contribution >= 4 is 46.4 Å². The lowest BCUT2D eigenvalue weighted by Gasteiger charge is -2.13. The zero-order chi connectivity index (χ0) is 23.1. The van der Waals surface area contributed by atoms with Crippen molar-refractivity contribution in [3.05, 3.63) is 81.8 Å². The highest BCUT2D eigenvalue weighted by atomic mass is 35.5. The summed E-state index contributed by atoms with van der Waals surface area (Å²) >= 11 is 12.1. The summed E-state index contributed by atoms with van der Waals surface area (Å²) < 4.78 is 11.0. The standard InChI is InChI=1S/C24H22Cl2N2O4/c1-3-31-21-11-5-15(25)13-19(21)23(29)27-17-7-9-18(10-8-17)28-24(30)20-14-16(26)6-12-22(20)32-4-2/h5-14H,3-4H2,1-2H3,(H,27,29)(H,28,30). The lowest BCUT2D eigenvalue weighted by atomic mass is 10.1. The normalized spacial score (nSPS) is 10.4. The first-order valence-electron chi connectivity index (χ1n) is 9.98. The molecule has 32 heavy (non-hydrogen) atoms. The Labute approximate surface area is 196 Å². The molecule has 3 rings (SSSR count). The van der Waals surface area contributed by atoms with Gasteiger partial charge in [0.1, 0.15) is 11.5 Å². The Hall–Kier alpha value is -3.22. The molecule has 0 aromatic heterocycles. The second kappa shape index (κ2) is 10.9. The number of benzene rings is 3. The maximum atomic E-state index is 12.7. The lowest BCUT2D eigenvalue weighted by molar-refractivity contribution is 0.101. The average Bonchev–Trinajstić information content (AvgIpc) is 2.77. The van der Waals surface area contributed by atoms with Gasteiger partial charge in [0, 0.05) is 21.4 Å². The second-order valence-electron chi connectivity index (χ2n) is 6.63. The van der Waals surface area contributed by atoms with E-state index in [-0.39, 0.29) is 11.8 Å². The summed E-state index contributed by atoms with van der Waals surface area (Å²) in [5.41, 5.74) is 1.77. The van der Waals surface area contributed by atoms with E-state index in [9.17, 15) is 9.59 Å². The van der Waals surface area contributed by atoms with Crippen LogP contribution >= 0.6 is 23.2 Å². The van der Waals surface area contributed by atoms with Gasteiger partial charge in [-0.1, -0.05) is 23.2 Å². The van der Waals surface area contributed by atoms with Crippen LogP contribution < -0.4 is 20.1 Å². The summed E-state index contributed by atoms with van der Waals surface area (Å²) in [6, 6.07) is 16.5. The Bertz CT molecular complexity index is 1030. The molecule has 0 bridgehead atoms. The van der Waals surface area contributed by atoms with E-state index in [2.05, 4.69) is 10.6 Å². The van der Waals surface area contributed by atoms with Crippen molar-refractivity contribution in [3.8, 4) is 11.5 Å². The molecule has 3 aromatic rings. The number of hydrogen-bond donors (Lipinski definition) is 2. The molecule has 2 amide bonds. The summed E-state index contributed by atoms with van der Waals surface area (Å²) in [7, 11) is 0. The summed E-state index contributed by atoms with van der Waals surface area (Å²) in [4.78, 5) is 25.4. The van der Waals surface area contributed by atoms with Gasteiger partial charge in [0.05, 0.1) is 24.3 Å². The SMILES string of the molecule is CCOc1ccc(Cl)cc1C(=O)Nc1ccc(NC(=O)c2cc(Cl)ccc2OCC)cc1.